The van der Waals surface area contributed by atoms with E-state index in [0.29, 0.717) is 13.2 Å². The van der Waals surface area contributed by atoms with Crippen LogP contribution in [0.1, 0.15) is 40.0 Å². The second-order valence-corrected chi connectivity index (χ2v) is 4.28. The summed E-state index contributed by atoms with van der Waals surface area (Å²) in [5.74, 6) is -0.557. The fraction of sp³-hybridized carbons (Fsp3) is 0.500. The first-order valence-corrected chi connectivity index (χ1v) is 6.85. The summed E-state index contributed by atoms with van der Waals surface area (Å²) in [6, 6.07) is 0. The maximum absolute atomic E-state index is 11.0. The molecule has 112 valence electrons. The molecular formula is C16H24O4. The lowest BCUT2D eigenvalue weighted by Gasteiger charge is -1.98. The van der Waals surface area contributed by atoms with Crippen LogP contribution in [0.4, 0.5) is 0 Å². The smallest absolute Gasteiger partial charge is 0.330 e. The van der Waals surface area contributed by atoms with E-state index in [1.54, 1.807) is 13.0 Å². The maximum atomic E-state index is 11.0. The predicted octanol–water partition coefficient (Wildman–Crippen LogP) is 3.34. The van der Waals surface area contributed by atoms with Crippen LogP contribution in [0, 0.1) is 0 Å². The van der Waals surface area contributed by atoms with E-state index in [4.69, 9.17) is 9.47 Å². The summed E-state index contributed by atoms with van der Waals surface area (Å²) in [6.07, 6.45) is 11.7. The Morgan fingerprint density at radius 1 is 1.10 bits per heavy atom. The molecule has 0 bridgehead atoms. The molecule has 4 nitrogen and oxygen atoms in total. The van der Waals surface area contributed by atoms with Gasteiger partial charge in [-0.25, -0.2) is 4.79 Å². The highest BCUT2D eigenvalue weighted by molar-refractivity contribution is 5.82. The minimum Gasteiger partial charge on any atom is -0.466 e. The van der Waals surface area contributed by atoms with Crippen LogP contribution in [0.2, 0.25) is 0 Å². The average Bonchev–Trinajstić information content (AvgIpc) is 2.37. The Balaban J connectivity index is 3.77. The van der Waals surface area contributed by atoms with E-state index in [1.165, 1.54) is 13.0 Å². The number of rotatable bonds is 9. The van der Waals surface area contributed by atoms with Crippen LogP contribution >= 0.6 is 0 Å². The number of hydrogen-bond acceptors (Lipinski definition) is 4. The van der Waals surface area contributed by atoms with Gasteiger partial charge in [0, 0.05) is 13.0 Å². The van der Waals surface area contributed by atoms with Gasteiger partial charge in [-0.1, -0.05) is 29.9 Å². The fourth-order valence-electron chi connectivity index (χ4n) is 1.35. The van der Waals surface area contributed by atoms with Crippen LogP contribution in [0.5, 0.6) is 0 Å². The molecule has 0 aliphatic heterocycles. The third-order valence-corrected chi connectivity index (χ3v) is 2.33. The number of carbonyl (C=O) groups excluding carboxylic acids is 2. The van der Waals surface area contributed by atoms with Gasteiger partial charge in [0.1, 0.15) is 0 Å². The van der Waals surface area contributed by atoms with E-state index in [2.05, 4.69) is 12.2 Å². The first-order valence-electron chi connectivity index (χ1n) is 6.85. The minimum atomic E-state index is -0.322. The maximum Gasteiger partial charge on any atom is 0.330 e. The van der Waals surface area contributed by atoms with Crippen molar-refractivity contribution in [3.8, 4) is 0 Å². The Bertz CT molecular complexity index is 378. The summed E-state index contributed by atoms with van der Waals surface area (Å²) in [6.45, 7) is 6.05. The standard InChI is InChI=1S/C16H24O4/c1-4-19-16(18)12-9-11-14(2)10-7-5-6-8-13-20-15(3)17/h5,7,9,11-12H,4,6,8,10,13H2,1-3H3/b7-5+,12-9+,14-11-. The van der Waals surface area contributed by atoms with Crippen LogP contribution in [0.3, 0.4) is 0 Å². The number of allylic oxidation sites excluding steroid dienone is 5. The van der Waals surface area contributed by atoms with Crippen molar-refractivity contribution in [2.45, 2.75) is 40.0 Å². The molecule has 0 saturated carbocycles. The van der Waals surface area contributed by atoms with Crippen LogP contribution < -0.4 is 0 Å². The molecule has 0 fully saturated rings. The third kappa shape index (κ3) is 12.6. The summed E-state index contributed by atoms with van der Waals surface area (Å²) >= 11 is 0. The lowest BCUT2D eigenvalue weighted by atomic mass is 10.1. The van der Waals surface area contributed by atoms with Gasteiger partial charge < -0.3 is 9.47 Å². The van der Waals surface area contributed by atoms with Gasteiger partial charge in [-0.2, -0.15) is 0 Å². The molecule has 0 aliphatic carbocycles. The lowest BCUT2D eigenvalue weighted by molar-refractivity contribution is -0.141. The molecule has 0 radical (unpaired) electrons. The van der Waals surface area contributed by atoms with Crippen molar-refractivity contribution >= 4 is 11.9 Å². The van der Waals surface area contributed by atoms with E-state index in [-0.39, 0.29) is 11.9 Å². The molecule has 4 heteroatoms. The third-order valence-electron chi connectivity index (χ3n) is 2.33. The zero-order chi connectivity index (χ0) is 15.2. The van der Waals surface area contributed by atoms with Gasteiger partial charge in [-0.05, 0) is 33.1 Å². The first kappa shape index (κ1) is 18.2. The number of hydrogen-bond donors (Lipinski definition) is 0. The van der Waals surface area contributed by atoms with Gasteiger partial charge in [0.25, 0.3) is 0 Å². The Morgan fingerprint density at radius 3 is 2.50 bits per heavy atom. The van der Waals surface area contributed by atoms with Gasteiger partial charge in [0.05, 0.1) is 13.2 Å². The molecule has 20 heavy (non-hydrogen) atoms. The van der Waals surface area contributed by atoms with Crippen molar-refractivity contribution in [3.63, 3.8) is 0 Å². The van der Waals surface area contributed by atoms with E-state index in [0.717, 1.165) is 24.8 Å². The number of unbranched alkanes of at least 4 members (excludes halogenated alkanes) is 1. The van der Waals surface area contributed by atoms with Crippen molar-refractivity contribution in [2.75, 3.05) is 13.2 Å². The second kappa shape index (κ2) is 12.2. The van der Waals surface area contributed by atoms with Crippen molar-refractivity contribution in [1.29, 1.82) is 0 Å². The Kier molecular flexibility index (Phi) is 11.1. The Morgan fingerprint density at radius 2 is 1.85 bits per heavy atom. The van der Waals surface area contributed by atoms with Gasteiger partial charge in [-0.3, -0.25) is 4.79 Å². The normalized spacial score (nSPS) is 12.1. The Hall–Kier alpha value is -1.84. The monoisotopic (exact) mass is 280 g/mol. The number of carbonyl (C=O) groups is 2. The molecule has 0 spiro atoms. The van der Waals surface area contributed by atoms with Crippen molar-refractivity contribution < 1.29 is 19.1 Å². The topological polar surface area (TPSA) is 52.6 Å². The molecule has 0 amide bonds. The van der Waals surface area contributed by atoms with Crippen molar-refractivity contribution in [1.82, 2.24) is 0 Å². The molecular weight excluding hydrogens is 256 g/mol. The van der Waals surface area contributed by atoms with Gasteiger partial charge >= 0.3 is 11.9 Å². The molecule has 0 rings (SSSR count). The summed E-state index contributed by atoms with van der Waals surface area (Å²) in [5, 5.41) is 0. The number of ether oxygens (including phenoxy) is 2. The number of esters is 2. The van der Waals surface area contributed by atoms with Crippen LogP contribution in [-0.4, -0.2) is 25.2 Å². The molecule has 0 N–H and O–H groups in total. The van der Waals surface area contributed by atoms with Crippen molar-refractivity contribution in [2.24, 2.45) is 0 Å². The highest BCUT2D eigenvalue weighted by atomic mass is 16.5. The van der Waals surface area contributed by atoms with E-state index in [1.807, 2.05) is 13.0 Å². The molecule has 0 unspecified atom stereocenters. The predicted molar refractivity (Wildman–Crippen MR) is 79.2 cm³/mol. The van der Waals surface area contributed by atoms with Crippen LogP contribution in [-0.2, 0) is 19.1 Å². The SMILES string of the molecule is CCOC(=O)/C=C/C=C(/C)C/C=C/CCCOC(C)=O. The molecule has 0 aliphatic rings. The fourth-order valence-corrected chi connectivity index (χ4v) is 1.35. The summed E-state index contributed by atoms with van der Waals surface area (Å²) in [5.41, 5.74) is 1.15. The molecule has 0 atom stereocenters. The molecule has 0 saturated heterocycles. The summed E-state index contributed by atoms with van der Waals surface area (Å²) in [4.78, 5) is 21.6. The molecule has 0 aromatic carbocycles. The van der Waals surface area contributed by atoms with E-state index >= 15 is 0 Å². The van der Waals surface area contributed by atoms with Crippen molar-refractivity contribution in [3.05, 3.63) is 36.0 Å². The quantitative estimate of drug-likeness (QED) is 0.214. The largest absolute Gasteiger partial charge is 0.466 e. The van der Waals surface area contributed by atoms with Gasteiger partial charge in [0.15, 0.2) is 0 Å². The van der Waals surface area contributed by atoms with Gasteiger partial charge in [-0.15, -0.1) is 0 Å². The zero-order valence-corrected chi connectivity index (χ0v) is 12.6. The highest BCUT2D eigenvalue weighted by Gasteiger charge is 1.92. The van der Waals surface area contributed by atoms with Crippen LogP contribution in [0.25, 0.3) is 0 Å². The highest BCUT2D eigenvalue weighted by Crippen LogP contribution is 2.03. The first-order chi connectivity index (χ1) is 9.56. The summed E-state index contributed by atoms with van der Waals surface area (Å²) < 4.78 is 9.60. The lowest BCUT2D eigenvalue weighted by Crippen LogP contribution is -1.99. The zero-order valence-electron chi connectivity index (χ0n) is 12.6. The van der Waals surface area contributed by atoms with E-state index < -0.39 is 0 Å². The average molecular weight is 280 g/mol. The Labute approximate surface area is 121 Å². The molecule has 0 aromatic heterocycles. The van der Waals surface area contributed by atoms with E-state index in [9.17, 15) is 9.59 Å². The molecule has 0 heterocycles. The molecule has 0 aromatic rings. The second-order valence-electron chi connectivity index (χ2n) is 4.28. The van der Waals surface area contributed by atoms with Gasteiger partial charge in [0.2, 0.25) is 0 Å². The van der Waals surface area contributed by atoms with Crippen LogP contribution in [0.15, 0.2) is 36.0 Å². The minimum absolute atomic E-state index is 0.235. The summed E-state index contributed by atoms with van der Waals surface area (Å²) in [7, 11) is 0.